The number of halogens is 3. The van der Waals surface area contributed by atoms with Crippen molar-refractivity contribution in [3.63, 3.8) is 0 Å². The van der Waals surface area contributed by atoms with Gasteiger partial charge in [-0.25, -0.2) is 0 Å². The molecular weight excluding hydrogens is 207 g/mol. The van der Waals surface area contributed by atoms with E-state index in [2.05, 4.69) is 4.98 Å². The number of rotatable bonds is 2. The van der Waals surface area contributed by atoms with E-state index in [1.807, 2.05) is 6.92 Å². The summed E-state index contributed by atoms with van der Waals surface area (Å²) in [6.07, 6.45) is -7.07. The monoisotopic (exact) mass is 221 g/mol. The van der Waals surface area contributed by atoms with Gasteiger partial charge in [-0.15, -0.1) is 0 Å². The number of nitrogens with one attached hydrogen (secondary N) is 1. The largest absolute Gasteiger partial charge is 0.391 e. The Morgan fingerprint density at radius 2 is 1.73 bits per heavy atom. The Morgan fingerprint density at radius 3 is 2.07 bits per heavy atom. The highest BCUT2D eigenvalue weighted by Gasteiger charge is 2.33. The zero-order chi connectivity index (χ0) is 11.8. The quantitative estimate of drug-likeness (QED) is 0.791. The molecule has 2 N–H and O–H groups in total. The highest BCUT2D eigenvalue weighted by atomic mass is 19.4. The first kappa shape index (κ1) is 12.1. The molecule has 15 heavy (non-hydrogen) atoms. The summed E-state index contributed by atoms with van der Waals surface area (Å²) >= 11 is 0. The second-order valence-electron chi connectivity index (χ2n) is 3.75. The van der Waals surface area contributed by atoms with Crippen LogP contribution in [0.25, 0.3) is 0 Å². The molecule has 0 amide bonds. The van der Waals surface area contributed by atoms with Gasteiger partial charge < -0.3 is 10.1 Å². The van der Waals surface area contributed by atoms with Crippen LogP contribution in [0.4, 0.5) is 13.2 Å². The second kappa shape index (κ2) is 3.89. The molecule has 5 heteroatoms. The van der Waals surface area contributed by atoms with Crippen LogP contribution in [0.2, 0.25) is 0 Å². The minimum Gasteiger partial charge on any atom is -0.387 e. The van der Waals surface area contributed by atoms with Crippen molar-refractivity contribution in [3.05, 3.63) is 22.5 Å². The lowest BCUT2D eigenvalue weighted by Crippen LogP contribution is -2.14. The summed E-state index contributed by atoms with van der Waals surface area (Å²) in [5.41, 5.74) is 2.65. The van der Waals surface area contributed by atoms with Gasteiger partial charge in [-0.05, 0) is 31.9 Å². The minimum atomic E-state index is -4.35. The van der Waals surface area contributed by atoms with E-state index in [9.17, 15) is 18.3 Å². The van der Waals surface area contributed by atoms with Crippen molar-refractivity contribution in [2.45, 2.75) is 39.5 Å². The van der Waals surface area contributed by atoms with Crippen LogP contribution in [0.1, 0.15) is 35.0 Å². The lowest BCUT2D eigenvalue weighted by Gasteiger charge is -2.13. The molecule has 1 heterocycles. The van der Waals surface area contributed by atoms with Crippen LogP contribution < -0.4 is 0 Å². The van der Waals surface area contributed by atoms with Gasteiger partial charge in [0.25, 0.3) is 0 Å². The molecule has 0 aromatic carbocycles. The number of aryl methyl sites for hydroxylation is 1. The van der Waals surface area contributed by atoms with Gasteiger partial charge in [0.15, 0.2) is 0 Å². The van der Waals surface area contributed by atoms with E-state index in [4.69, 9.17) is 0 Å². The summed E-state index contributed by atoms with van der Waals surface area (Å²) in [4.78, 5) is 2.78. The summed E-state index contributed by atoms with van der Waals surface area (Å²) in [6, 6.07) is 0. The Morgan fingerprint density at radius 1 is 1.20 bits per heavy atom. The van der Waals surface area contributed by atoms with E-state index in [1.165, 1.54) is 0 Å². The fourth-order valence-electron chi connectivity index (χ4n) is 1.53. The molecule has 0 spiro atoms. The van der Waals surface area contributed by atoms with Crippen molar-refractivity contribution in [2.24, 2.45) is 0 Å². The van der Waals surface area contributed by atoms with Gasteiger partial charge in [0.1, 0.15) is 6.10 Å². The van der Waals surface area contributed by atoms with E-state index in [-0.39, 0.29) is 5.69 Å². The molecule has 0 saturated heterocycles. The van der Waals surface area contributed by atoms with E-state index in [0.717, 1.165) is 11.3 Å². The third-order valence-electron chi connectivity index (χ3n) is 2.61. The summed E-state index contributed by atoms with van der Waals surface area (Å²) < 4.78 is 36.2. The van der Waals surface area contributed by atoms with Crippen molar-refractivity contribution in [2.75, 3.05) is 0 Å². The topological polar surface area (TPSA) is 36.0 Å². The first-order chi connectivity index (χ1) is 6.72. The maximum atomic E-state index is 12.1. The molecule has 1 aromatic rings. The van der Waals surface area contributed by atoms with Gasteiger partial charge in [0.05, 0.1) is 6.42 Å². The Hall–Kier alpha value is -0.970. The number of hydrogen-bond donors (Lipinski definition) is 2. The van der Waals surface area contributed by atoms with Gasteiger partial charge in [0.2, 0.25) is 0 Å². The van der Waals surface area contributed by atoms with Gasteiger partial charge in [-0.1, -0.05) is 0 Å². The second-order valence-corrected chi connectivity index (χ2v) is 3.75. The van der Waals surface area contributed by atoms with Crippen molar-refractivity contribution in [1.29, 1.82) is 0 Å². The SMILES string of the molecule is Cc1[nH]c(C(O)CC(F)(F)F)c(C)c1C. The number of alkyl halides is 3. The van der Waals surface area contributed by atoms with Gasteiger partial charge in [-0.3, -0.25) is 0 Å². The summed E-state index contributed by atoms with van der Waals surface area (Å²) in [5.74, 6) is 0. The normalized spacial score (nSPS) is 14.3. The van der Waals surface area contributed by atoms with E-state index >= 15 is 0 Å². The van der Waals surface area contributed by atoms with Gasteiger partial charge in [0, 0.05) is 11.4 Å². The van der Waals surface area contributed by atoms with E-state index in [0.29, 0.717) is 5.56 Å². The van der Waals surface area contributed by atoms with Crippen LogP contribution >= 0.6 is 0 Å². The Bertz CT molecular complexity index is 354. The fraction of sp³-hybridized carbons (Fsp3) is 0.600. The first-order valence-electron chi connectivity index (χ1n) is 4.63. The zero-order valence-electron chi connectivity index (χ0n) is 8.87. The van der Waals surface area contributed by atoms with Crippen molar-refractivity contribution in [3.8, 4) is 0 Å². The molecule has 0 bridgehead atoms. The number of aromatic amines is 1. The maximum Gasteiger partial charge on any atom is 0.391 e. The molecular formula is C10H14F3NO. The number of aliphatic hydroxyl groups excluding tert-OH is 1. The average Bonchev–Trinajstić information content (AvgIpc) is 2.30. The molecule has 1 rings (SSSR count). The molecule has 1 unspecified atom stereocenters. The Balaban J connectivity index is 2.92. The molecule has 0 aliphatic rings. The summed E-state index contributed by atoms with van der Waals surface area (Å²) in [7, 11) is 0. The molecule has 0 fully saturated rings. The predicted octanol–water partition coefficient (Wildman–Crippen LogP) is 2.93. The molecule has 0 aliphatic carbocycles. The lowest BCUT2D eigenvalue weighted by molar-refractivity contribution is -0.154. The molecule has 0 radical (unpaired) electrons. The molecule has 0 saturated carbocycles. The van der Waals surface area contributed by atoms with Crippen LogP contribution in [0, 0.1) is 20.8 Å². The minimum absolute atomic E-state index is 0.266. The van der Waals surface area contributed by atoms with Crippen LogP contribution in [-0.4, -0.2) is 16.3 Å². The lowest BCUT2D eigenvalue weighted by atomic mass is 10.1. The predicted molar refractivity (Wildman–Crippen MR) is 50.6 cm³/mol. The third-order valence-corrected chi connectivity index (χ3v) is 2.61. The summed E-state index contributed by atoms with van der Waals surface area (Å²) in [6.45, 7) is 5.28. The third kappa shape index (κ3) is 2.75. The molecule has 1 atom stereocenters. The Kier molecular flexibility index (Phi) is 3.13. The number of hydrogen-bond acceptors (Lipinski definition) is 1. The highest BCUT2D eigenvalue weighted by Crippen LogP contribution is 2.31. The number of aliphatic hydroxyl groups is 1. The standard InChI is InChI=1S/C10H14F3NO/c1-5-6(2)9(14-7(5)3)8(15)4-10(11,12)13/h8,14-15H,4H2,1-3H3. The van der Waals surface area contributed by atoms with Crippen LogP contribution in [0.3, 0.4) is 0 Å². The zero-order valence-corrected chi connectivity index (χ0v) is 8.87. The van der Waals surface area contributed by atoms with Crippen molar-refractivity contribution >= 4 is 0 Å². The van der Waals surface area contributed by atoms with Gasteiger partial charge >= 0.3 is 6.18 Å². The molecule has 0 aliphatic heterocycles. The first-order valence-corrected chi connectivity index (χ1v) is 4.63. The van der Waals surface area contributed by atoms with Crippen molar-refractivity contribution < 1.29 is 18.3 Å². The van der Waals surface area contributed by atoms with Crippen LogP contribution in [0.5, 0.6) is 0 Å². The Labute approximate surface area is 86.1 Å². The molecule has 1 aromatic heterocycles. The van der Waals surface area contributed by atoms with E-state index in [1.54, 1.807) is 13.8 Å². The van der Waals surface area contributed by atoms with Crippen LogP contribution in [0.15, 0.2) is 0 Å². The smallest absolute Gasteiger partial charge is 0.387 e. The average molecular weight is 221 g/mol. The number of H-pyrrole nitrogens is 1. The highest BCUT2D eigenvalue weighted by molar-refractivity contribution is 5.35. The molecule has 2 nitrogen and oxygen atoms in total. The van der Waals surface area contributed by atoms with E-state index < -0.39 is 18.7 Å². The molecule has 86 valence electrons. The van der Waals surface area contributed by atoms with Crippen molar-refractivity contribution in [1.82, 2.24) is 4.98 Å². The van der Waals surface area contributed by atoms with Crippen LogP contribution in [-0.2, 0) is 0 Å². The number of aromatic nitrogens is 1. The fourth-order valence-corrected chi connectivity index (χ4v) is 1.53. The van der Waals surface area contributed by atoms with Gasteiger partial charge in [-0.2, -0.15) is 13.2 Å². The maximum absolute atomic E-state index is 12.1. The summed E-state index contributed by atoms with van der Waals surface area (Å²) in [5, 5.41) is 9.42.